The van der Waals surface area contributed by atoms with E-state index in [9.17, 15) is 14.0 Å². The van der Waals surface area contributed by atoms with Crippen molar-refractivity contribution in [1.82, 2.24) is 20.0 Å². The number of imidazole rings is 1. The number of benzene rings is 1. The molecule has 1 aromatic carbocycles. The Morgan fingerprint density at radius 1 is 1.00 bits per heavy atom. The van der Waals surface area contributed by atoms with Crippen LogP contribution in [0.25, 0.3) is 5.52 Å². The molecule has 3 rings (SSSR count). The van der Waals surface area contributed by atoms with Gasteiger partial charge in [-0.3, -0.25) is 14.0 Å². The molecule has 7 heteroatoms. The number of unbranched alkanes of at least 4 members (excludes halogenated alkanes) is 2. The molecule has 0 spiro atoms. The molecule has 0 unspecified atom stereocenters. The molecule has 0 fully saturated rings. The maximum absolute atomic E-state index is 13.0. The fraction of sp³-hybridized carbons (Fsp3) is 0.318. The first-order chi connectivity index (χ1) is 14.1. The highest BCUT2D eigenvalue weighted by atomic mass is 19.1. The summed E-state index contributed by atoms with van der Waals surface area (Å²) >= 11 is 0. The zero-order valence-electron chi connectivity index (χ0n) is 16.5. The van der Waals surface area contributed by atoms with Gasteiger partial charge in [0.1, 0.15) is 5.82 Å². The fourth-order valence-corrected chi connectivity index (χ4v) is 3.08. The second-order valence-electron chi connectivity index (χ2n) is 6.84. The van der Waals surface area contributed by atoms with Crippen LogP contribution in [-0.4, -0.2) is 34.3 Å². The SMILES string of the molecule is CCCCCNC(=O)c1nc(C(=O)NCCc2ccc(F)cc2)c2ccccn12. The summed E-state index contributed by atoms with van der Waals surface area (Å²) in [6.07, 6.45) is 5.32. The van der Waals surface area contributed by atoms with Crippen LogP contribution in [0.1, 0.15) is 52.9 Å². The number of aromatic nitrogens is 2. The van der Waals surface area contributed by atoms with E-state index < -0.39 is 0 Å². The van der Waals surface area contributed by atoms with E-state index in [-0.39, 0.29) is 29.1 Å². The Morgan fingerprint density at radius 2 is 1.76 bits per heavy atom. The average Bonchev–Trinajstić information content (AvgIpc) is 3.12. The molecule has 3 aromatic rings. The van der Waals surface area contributed by atoms with Gasteiger partial charge in [-0.15, -0.1) is 0 Å². The van der Waals surface area contributed by atoms with Crippen LogP contribution in [0.2, 0.25) is 0 Å². The molecule has 2 heterocycles. The molecule has 0 atom stereocenters. The monoisotopic (exact) mass is 396 g/mol. The van der Waals surface area contributed by atoms with Gasteiger partial charge < -0.3 is 10.6 Å². The van der Waals surface area contributed by atoms with Crippen molar-refractivity contribution in [3.63, 3.8) is 0 Å². The number of nitrogens with one attached hydrogen (secondary N) is 2. The first-order valence-corrected chi connectivity index (χ1v) is 9.88. The zero-order valence-corrected chi connectivity index (χ0v) is 16.5. The average molecular weight is 396 g/mol. The van der Waals surface area contributed by atoms with E-state index in [4.69, 9.17) is 0 Å². The lowest BCUT2D eigenvalue weighted by atomic mass is 10.1. The molecule has 0 radical (unpaired) electrons. The minimum absolute atomic E-state index is 0.195. The quantitative estimate of drug-likeness (QED) is 0.545. The van der Waals surface area contributed by atoms with Crippen molar-refractivity contribution in [3.8, 4) is 0 Å². The lowest BCUT2D eigenvalue weighted by Gasteiger charge is -2.04. The first kappa shape index (κ1) is 20.5. The number of nitrogens with zero attached hydrogens (tertiary/aromatic N) is 2. The molecular weight excluding hydrogens is 371 g/mol. The lowest BCUT2D eigenvalue weighted by molar-refractivity contribution is 0.0942. The van der Waals surface area contributed by atoms with E-state index in [1.54, 1.807) is 40.9 Å². The predicted octanol–water partition coefficient (Wildman–Crippen LogP) is 3.37. The Bertz CT molecular complexity index is 982. The van der Waals surface area contributed by atoms with E-state index in [1.807, 2.05) is 0 Å². The number of carbonyl (C=O) groups excluding carboxylic acids is 2. The van der Waals surface area contributed by atoms with E-state index in [2.05, 4.69) is 22.5 Å². The van der Waals surface area contributed by atoms with Crippen LogP contribution in [0.5, 0.6) is 0 Å². The number of fused-ring (bicyclic) bond motifs is 1. The van der Waals surface area contributed by atoms with Gasteiger partial charge in [0.15, 0.2) is 5.69 Å². The highest BCUT2D eigenvalue weighted by Crippen LogP contribution is 2.13. The van der Waals surface area contributed by atoms with Crippen LogP contribution in [0.3, 0.4) is 0 Å². The minimum atomic E-state index is -0.346. The standard InChI is InChI=1S/C22H25FN4O2/c1-2-3-5-13-24-22(29)20-26-19(18-7-4-6-15-27(18)20)21(28)25-14-12-16-8-10-17(23)11-9-16/h4,6-11,15H,2-3,5,12-14H2,1H3,(H,24,29)(H,25,28). The Morgan fingerprint density at radius 3 is 2.52 bits per heavy atom. The predicted molar refractivity (Wildman–Crippen MR) is 109 cm³/mol. The number of halogens is 1. The molecular formula is C22H25FN4O2. The van der Waals surface area contributed by atoms with Gasteiger partial charge in [0.25, 0.3) is 11.8 Å². The van der Waals surface area contributed by atoms with Gasteiger partial charge in [0.2, 0.25) is 5.82 Å². The van der Waals surface area contributed by atoms with Crippen molar-refractivity contribution in [2.24, 2.45) is 0 Å². The minimum Gasteiger partial charge on any atom is -0.350 e. The molecule has 0 aliphatic rings. The second kappa shape index (κ2) is 9.82. The summed E-state index contributed by atoms with van der Waals surface area (Å²) in [5.74, 6) is -0.739. The number of amides is 2. The molecule has 0 saturated heterocycles. The van der Waals surface area contributed by atoms with Crippen LogP contribution >= 0.6 is 0 Å². The topological polar surface area (TPSA) is 75.5 Å². The maximum Gasteiger partial charge on any atom is 0.287 e. The molecule has 152 valence electrons. The molecule has 2 aromatic heterocycles. The molecule has 29 heavy (non-hydrogen) atoms. The molecule has 0 bridgehead atoms. The Balaban J connectivity index is 1.69. The van der Waals surface area contributed by atoms with Crippen molar-refractivity contribution in [3.05, 3.63) is 71.6 Å². The highest BCUT2D eigenvalue weighted by Gasteiger charge is 2.21. The van der Waals surface area contributed by atoms with Crippen molar-refractivity contribution >= 4 is 17.3 Å². The van der Waals surface area contributed by atoms with Gasteiger partial charge >= 0.3 is 0 Å². The maximum atomic E-state index is 13.0. The Kier molecular flexibility index (Phi) is 6.94. The molecule has 0 aliphatic carbocycles. The van der Waals surface area contributed by atoms with E-state index in [0.29, 0.717) is 25.0 Å². The summed E-state index contributed by atoms with van der Waals surface area (Å²) in [6, 6.07) is 11.5. The normalized spacial score (nSPS) is 10.8. The summed E-state index contributed by atoms with van der Waals surface area (Å²) in [5, 5.41) is 5.69. The van der Waals surface area contributed by atoms with Gasteiger partial charge in [0.05, 0.1) is 5.52 Å². The molecule has 0 aliphatic heterocycles. The smallest absolute Gasteiger partial charge is 0.287 e. The van der Waals surface area contributed by atoms with E-state index in [0.717, 1.165) is 24.8 Å². The van der Waals surface area contributed by atoms with Gasteiger partial charge in [0, 0.05) is 19.3 Å². The van der Waals surface area contributed by atoms with Crippen molar-refractivity contribution in [2.75, 3.05) is 13.1 Å². The molecule has 2 N–H and O–H groups in total. The van der Waals surface area contributed by atoms with E-state index in [1.165, 1.54) is 12.1 Å². The molecule has 0 saturated carbocycles. The highest BCUT2D eigenvalue weighted by molar-refractivity contribution is 6.02. The third-order valence-electron chi connectivity index (χ3n) is 4.64. The van der Waals surface area contributed by atoms with Crippen LogP contribution in [0.15, 0.2) is 48.7 Å². The summed E-state index contributed by atoms with van der Waals surface area (Å²) in [4.78, 5) is 29.5. The first-order valence-electron chi connectivity index (χ1n) is 9.88. The van der Waals surface area contributed by atoms with Crippen molar-refractivity contribution in [2.45, 2.75) is 32.6 Å². The number of carbonyl (C=O) groups is 2. The summed E-state index contributed by atoms with van der Waals surface area (Å²) < 4.78 is 14.6. The van der Waals surface area contributed by atoms with Gasteiger partial charge in [-0.05, 0) is 42.7 Å². The summed E-state index contributed by atoms with van der Waals surface area (Å²) in [6.45, 7) is 3.06. The van der Waals surface area contributed by atoms with Gasteiger partial charge in [-0.1, -0.05) is 38.0 Å². The van der Waals surface area contributed by atoms with Crippen LogP contribution in [-0.2, 0) is 6.42 Å². The number of hydrogen-bond acceptors (Lipinski definition) is 3. The number of pyridine rings is 1. The van der Waals surface area contributed by atoms with Gasteiger partial charge in [-0.25, -0.2) is 9.37 Å². The van der Waals surface area contributed by atoms with Crippen molar-refractivity contribution < 1.29 is 14.0 Å². The fourth-order valence-electron chi connectivity index (χ4n) is 3.08. The third kappa shape index (κ3) is 5.19. The summed E-state index contributed by atoms with van der Waals surface area (Å²) in [7, 11) is 0. The number of hydrogen-bond donors (Lipinski definition) is 2. The van der Waals surface area contributed by atoms with Crippen molar-refractivity contribution in [1.29, 1.82) is 0 Å². The Hall–Kier alpha value is -3.22. The van der Waals surface area contributed by atoms with Crippen LogP contribution in [0.4, 0.5) is 4.39 Å². The largest absolute Gasteiger partial charge is 0.350 e. The van der Waals surface area contributed by atoms with Crippen LogP contribution in [0, 0.1) is 5.82 Å². The molecule has 2 amide bonds. The van der Waals surface area contributed by atoms with Crippen LogP contribution < -0.4 is 10.6 Å². The Labute approximate surface area is 169 Å². The van der Waals surface area contributed by atoms with Gasteiger partial charge in [-0.2, -0.15) is 0 Å². The number of rotatable bonds is 9. The van der Waals surface area contributed by atoms with E-state index >= 15 is 0 Å². The second-order valence-corrected chi connectivity index (χ2v) is 6.84. The summed E-state index contributed by atoms with van der Waals surface area (Å²) in [5.41, 5.74) is 1.71. The third-order valence-corrected chi connectivity index (χ3v) is 4.64. The zero-order chi connectivity index (χ0) is 20.6. The lowest BCUT2D eigenvalue weighted by Crippen LogP contribution is -2.27. The molecule has 6 nitrogen and oxygen atoms in total.